The van der Waals surface area contributed by atoms with Crippen molar-refractivity contribution in [1.29, 1.82) is 0 Å². The van der Waals surface area contributed by atoms with Crippen LogP contribution in [-0.4, -0.2) is 24.1 Å². The number of hydrogen-bond donors (Lipinski definition) is 0. The minimum absolute atomic E-state index is 0.166. The highest BCUT2D eigenvalue weighted by Crippen LogP contribution is 2.27. The molecule has 100 valence electrons. The van der Waals surface area contributed by atoms with Gasteiger partial charge in [-0.1, -0.05) is 54.7 Å². The third-order valence-electron chi connectivity index (χ3n) is 1.73. The molecule has 1 aromatic rings. The van der Waals surface area contributed by atoms with Crippen LogP contribution >= 0.6 is 59.4 Å². The summed E-state index contributed by atoms with van der Waals surface area (Å²) >= 11 is 15.4. The van der Waals surface area contributed by atoms with Gasteiger partial charge >= 0.3 is 10.1 Å². The summed E-state index contributed by atoms with van der Waals surface area (Å²) in [5.41, 5.74) is 0.521. The van der Waals surface area contributed by atoms with Crippen molar-refractivity contribution in [3.05, 3.63) is 33.3 Å². The van der Waals surface area contributed by atoms with Gasteiger partial charge in [-0.15, -0.1) is 0 Å². The van der Waals surface area contributed by atoms with Crippen LogP contribution in [0.5, 0.6) is 0 Å². The first-order valence-corrected chi connectivity index (χ1v) is 9.19. The molecule has 0 atom stereocenters. The topological polar surface area (TPSA) is 55.7 Å². The molecular weight excluding hydrogens is 477 g/mol. The molecule has 0 radical (unpaired) electrons. The van der Waals surface area contributed by atoms with E-state index in [0.717, 1.165) is 0 Å². The normalized spacial score (nSPS) is 12.6. The molecule has 0 heterocycles. The molecule has 0 saturated heterocycles. The molecule has 0 spiro atoms. The zero-order valence-corrected chi connectivity index (χ0v) is 15.1. The number of halogens is 4. The fraction of sp³-hybridized carbons (Fsp3) is 0.222. The molecule has 1 rings (SSSR count). The molecule has 1 aromatic carbocycles. The monoisotopic (exact) mass is 481 g/mol. The zero-order valence-electron chi connectivity index (χ0n) is 8.74. The molecule has 0 saturated carbocycles. The van der Waals surface area contributed by atoms with Gasteiger partial charge in [0, 0.05) is 15.4 Å². The Hall–Kier alpha value is 0.370. The molecule has 0 amide bonds. The van der Waals surface area contributed by atoms with E-state index in [4.69, 9.17) is 11.6 Å². The lowest BCUT2D eigenvalue weighted by Gasteiger charge is -2.05. The number of alkyl halides is 1. The van der Waals surface area contributed by atoms with Crippen LogP contribution in [0.4, 0.5) is 0 Å². The molecule has 0 aliphatic heterocycles. The summed E-state index contributed by atoms with van der Waals surface area (Å²) < 4.78 is 28.0. The summed E-state index contributed by atoms with van der Waals surface area (Å²) in [5, 5.41) is 4.21. The Kier molecular flexibility index (Phi) is 6.60. The largest absolute Gasteiger partial charge is 0.329 e. The van der Waals surface area contributed by atoms with E-state index < -0.39 is 10.1 Å². The Morgan fingerprint density at radius 2 is 2.11 bits per heavy atom. The van der Waals surface area contributed by atoms with Gasteiger partial charge < -0.3 is 0 Å². The summed E-state index contributed by atoms with van der Waals surface area (Å²) in [6.45, 7) is 0. The van der Waals surface area contributed by atoms with Gasteiger partial charge in [0.1, 0.15) is 0 Å². The van der Waals surface area contributed by atoms with Gasteiger partial charge in [0.15, 0.2) is 4.62 Å². The molecule has 4 nitrogen and oxygen atoms in total. The van der Waals surface area contributed by atoms with E-state index in [0.29, 0.717) is 15.1 Å². The van der Waals surface area contributed by atoms with E-state index in [-0.39, 0.29) is 15.7 Å². The molecule has 0 bridgehead atoms. The molecule has 0 aliphatic carbocycles. The van der Waals surface area contributed by atoms with Crippen LogP contribution in [0.1, 0.15) is 5.56 Å². The lowest BCUT2D eigenvalue weighted by atomic mass is 10.2. The van der Waals surface area contributed by atoms with Crippen LogP contribution in [0.3, 0.4) is 0 Å². The minimum Gasteiger partial charge on any atom is -0.267 e. The Morgan fingerprint density at radius 3 is 2.67 bits per heavy atom. The maximum absolute atomic E-state index is 11.3. The number of hydrogen-bond acceptors (Lipinski definition) is 4. The highest BCUT2D eigenvalue weighted by molar-refractivity contribution is 9.18. The standard InChI is InChI=1S/C9H7Br3ClNO3S/c10-4-5-18(15,16)17-14-9(12)8-6(11)2-1-3-7(8)13/h1-3H,4-5H2. The van der Waals surface area contributed by atoms with Crippen molar-refractivity contribution in [3.8, 4) is 0 Å². The van der Waals surface area contributed by atoms with Crippen molar-refractivity contribution >= 4 is 74.1 Å². The smallest absolute Gasteiger partial charge is 0.267 e. The van der Waals surface area contributed by atoms with E-state index in [1.54, 1.807) is 18.2 Å². The molecule has 9 heteroatoms. The Bertz CT molecular complexity index is 542. The fourth-order valence-electron chi connectivity index (χ4n) is 0.962. The Balaban J connectivity index is 2.98. The van der Waals surface area contributed by atoms with Crippen LogP contribution < -0.4 is 0 Å². The Labute approximate surface area is 135 Å². The number of oxime groups is 1. The van der Waals surface area contributed by atoms with Crippen molar-refractivity contribution in [2.45, 2.75) is 0 Å². The lowest BCUT2D eigenvalue weighted by Crippen LogP contribution is -2.09. The van der Waals surface area contributed by atoms with Gasteiger partial charge in [0.25, 0.3) is 0 Å². The van der Waals surface area contributed by atoms with E-state index >= 15 is 0 Å². The van der Waals surface area contributed by atoms with Gasteiger partial charge in [-0.25, -0.2) is 0 Å². The quantitative estimate of drug-likeness (QED) is 0.362. The summed E-state index contributed by atoms with van der Waals surface area (Å²) in [4.78, 5) is 0. The first-order valence-electron chi connectivity index (χ1n) is 4.52. The van der Waals surface area contributed by atoms with Crippen molar-refractivity contribution in [3.63, 3.8) is 0 Å². The molecule has 0 N–H and O–H groups in total. The predicted octanol–water partition coefficient (Wildman–Crippen LogP) is 3.90. The summed E-state index contributed by atoms with van der Waals surface area (Å²) in [6.07, 6.45) is 0. The minimum atomic E-state index is -3.68. The highest BCUT2D eigenvalue weighted by Gasteiger charge is 2.14. The summed E-state index contributed by atoms with van der Waals surface area (Å²) in [6, 6.07) is 5.16. The maximum atomic E-state index is 11.3. The Morgan fingerprint density at radius 1 is 1.44 bits per heavy atom. The lowest BCUT2D eigenvalue weighted by molar-refractivity contribution is 0.341. The maximum Gasteiger partial charge on any atom is 0.329 e. The molecule has 18 heavy (non-hydrogen) atoms. The van der Waals surface area contributed by atoms with Crippen molar-refractivity contribution in [2.24, 2.45) is 5.16 Å². The highest BCUT2D eigenvalue weighted by atomic mass is 79.9. The van der Waals surface area contributed by atoms with Crippen molar-refractivity contribution in [2.75, 3.05) is 11.1 Å². The van der Waals surface area contributed by atoms with Crippen LogP contribution in [0.15, 0.2) is 27.8 Å². The van der Waals surface area contributed by atoms with Crippen LogP contribution in [-0.2, 0) is 14.4 Å². The summed E-state index contributed by atoms with van der Waals surface area (Å²) in [7, 11) is -3.68. The first kappa shape index (κ1) is 16.4. The van der Waals surface area contributed by atoms with Gasteiger partial charge in [-0.2, -0.15) is 8.42 Å². The fourth-order valence-corrected chi connectivity index (χ4v) is 4.51. The second-order valence-corrected chi connectivity index (χ2v) is 7.48. The number of benzene rings is 1. The molecule has 0 aliphatic rings. The molecule has 0 fully saturated rings. The van der Waals surface area contributed by atoms with Gasteiger partial charge in [-0.3, -0.25) is 4.28 Å². The third-order valence-corrected chi connectivity index (χ3v) is 5.17. The third kappa shape index (κ3) is 4.80. The average Bonchev–Trinajstić information content (AvgIpc) is 2.26. The first-order chi connectivity index (χ1) is 8.37. The van der Waals surface area contributed by atoms with Crippen LogP contribution in [0, 0.1) is 0 Å². The van der Waals surface area contributed by atoms with E-state index in [1.807, 2.05) is 0 Å². The number of rotatable bonds is 5. The van der Waals surface area contributed by atoms with Crippen molar-refractivity contribution in [1.82, 2.24) is 0 Å². The van der Waals surface area contributed by atoms with Gasteiger partial charge in [0.2, 0.25) is 0 Å². The van der Waals surface area contributed by atoms with E-state index in [1.165, 1.54) is 0 Å². The SMILES string of the molecule is O=S(=O)(CCBr)ON=C(Br)c1c(Cl)cccc1Br. The van der Waals surface area contributed by atoms with Crippen LogP contribution in [0.2, 0.25) is 5.02 Å². The van der Waals surface area contributed by atoms with E-state index in [2.05, 4.69) is 57.2 Å². The van der Waals surface area contributed by atoms with Gasteiger partial charge in [-0.05, 0) is 28.1 Å². The molecule has 0 unspecified atom stereocenters. The molecular formula is C9H7Br3ClNO3S. The summed E-state index contributed by atoms with van der Waals surface area (Å²) in [5.74, 6) is -0.166. The number of nitrogens with zero attached hydrogens (tertiary/aromatic N) is 1. The molecule has 0 aromatic heterocycles. The average molecular weight is 484 g/mol. The second-order valence-electron chi connectivity index (χ2n) is 3.00. The van der Waals surface area contributed by atoms with Crippen LogP contribution in [0.25, 0.3) is 0 Å². The van der Waals surface area contributed by atoms with Gasteiger partial charge in [0.05, 0.1) is 10.8 Å². The second kappa shape index (κ2) is 7.23. The van der Waals surface area contributed by atoms with E-state index in [9.17, 15) is 8.42 Å². The van der Waals surface area contributed by atoms with Crippen molar-refractivity contribution < 1.29 is 12.7 Å². The zero-order chi connectivity index (χ0) is 13.8. The predicted molar refractivity (Wildman–Crippen MR) is 83.3 cm³/mol.